The van der Waals surface area contributed by atoms with Gasteiger partial charge in [0.1, 0.15) is 11.3 Å². The smallest absolute Gasteiger partial charge is 0.258 e. The van der Waals surface area contributed by atoms with Crippen molar-refractivity contribution < 1.29 is 0 Å². The van der Waals surface area contributed by atoms with Crippen molar-refractivity contribution in [3.63, 3.8) is 0 Å². The molecule has 29 heavy (non-hydrogen) atoms. The third kappa shape index (κ3) is 2.96. The molecule has 0 bridgehead atoms. The quantitative estimate of drug-likeness (QED) is 0.456. The van der Waals surface area contributed by atoms with Crippen molar-refractivity contribution in [1.82, 2.24) is 29.7 Å². The van der Waals surface area contributed by atoms with Crippen molar-refractivity contribution in [2.75, 3.05) is 0 Å². The molecule has 0 unspecified atom stereocenters. The van der Waals surface area contributed by atoms with Crippen LogP contribution in [-0.2, 0) is 6.54 Å². The molecule has 144 valence electrons. The van der Waals surface area contributed by atoms with Crippen molar-refractivity contribution in [2.24, 2.45) is 0 Å². The lowest BCUT2D eigenvalue weighted by atomic mass is 10.2. The van der Waals surface area contributed by atoms with Crippen molar-refractivity contribution in [2.45, 2.75) is 30.8 Å². The van der Waals surface area contributed by atoms with Crippen LogP contribution in [0, 0.1) is 0 Å². The van der Waals surface area contributed by atoms with Crippen LogP contribution in [0.3, 0.4) is 0 Å². The molecular formula is C21H18N6OS. The van der Waals surface area contributed by atoms with Crippen LogP contribution >= 0.6 is 11.8 Å². The largest absolute Gasteiger partial charge is 0.324 e. The lowest BCUT2D eigenvalue weighted by Crippen LogP contribution is -2.13. The van der Waals surface area contributed by atoms with E-state index in [1.54, 1.807) is 6.07 Å². The Morgan fingerprint density at radius 2 is 1.79 bits per heavy atom. The topological polar surface area (TPSA) is 89.4 Å². The molecule has 0 radical (unpaired) electrons. The fourth-order valence-corrected chi connectivity index (χ4v) is 4.34. The highest BCUT2D eigenvalue weighted by Gasteiger charge is 2.17. The molecule has 0 amide bonds. The van der Waals surface area contributed by atoms with Crippen LogP contribution in [0.5, 0.6) is 0 Å². The Morgan fingerprint density at radius 3 is 2.62 bits per heavy atom. The number of para-hydroxylation sites is 2. The number of rotatable bonds is 4. The van der Waals surface area contributed by atoms with Gasteiger partial charge in [0.2, 0.25) is 5.16 Å². The summed E-state index contributed by atoms with van der Waals surface area (Å²) in [6, 6.07) is 15.4. The van der Waals surface area contributed by atoms with Crippen molar-refractivity contribution >= 4 is 44.7 Å². The number of hydrogen-bond acceptors (Lipinski definition) is 6. The second kappa shape index (κ2) is 6.97. The molecule has 0 saturated heterocycles. The lowest BCUT2D eigenvalue weighted by Gasteiger charge is -2.10. The van der Waals surface area contributed by atoms with E-state index < -0.39 is 0 Å². The Balaban J connectivity index is 1.55. The van der Waals surface area contributed by atoms with E-state index in [4.69, 9.17) is 4.98 Å². The lowest BCUT2D eigenvalue weighted by molar-refractivity contribution is 0.787. The van der Waals surface area contributed by atoms with Gasteiger partial charge in [-0.1, -0.05) is 42.1 Å². The highest BCUT2D eigenvalue weighted by Crippen LogP contribution is 2.32. The van der Waals surface area contributed by atoms with Gasteiger partial charge in [-0.05, 0) is 32.0 Å². The molecule has 0 aliphatic heterocycles. The molecule has 1 N–H and O–H groups in total. The number of aromatic amines is 1. The molecular weight excluding hydrogens is 384 g/mol. The van der Waals surface area contributed by atoms with E-state index >= 15 is 0 Å². The molecule has 7 nitrogen and oxygen atoms in total. The summed E-state index contributed by atoms with van der Waals surface area (Å²) in [6.07, 6.45) is 0. The first kappa shape index (κ1) is 17.8. The number of nitrogens with zero attached hydrogens (tertiary/aromatic N) is 5. The second-order valence-electron chi connectivity index (χ2n) is 6.76. The Bertz CT molecular complexity index is 1420. The molecule has 0 spiro atoms. The summed E-state index contributed by atoms with van der Waals surface area (Å²) in [5.41, 5.74) is 3.26. The van der Waals surface area contributed by atoms with Gasteiger partial charge in [-0.2, -0.15) is 0 Å². The van der Waals surface area contributed by atoms with Gasteiger partial charge in [0, 0.05) is 11.9 Å². The van der Waals surface area contributed by atoms with Crippen LogP contribution < -0.4 is 5.56 Å². The zero-order chi connectivity index (χ0) is 20.0. The Morgan fingerprint density at radius 1 is 1.03 bits per heavy atom. The Kier molecular flexibility index (Phi) is 4.28. The molecule has 5 rings (SSSR count). The van der Waals surface area contributed by atoms with Gasteiger partial charge in [-0.15, -0.1) is 10.2 Å². The third-order valence-corrected chi connectivity index (χ3v) is 5.93. The maximum absolute atomic E-state index is 12.4. The SMILES string of the molecule is CCn1c2ccccc2c2nnc(S[C@@H](C)c3nc4ccccc4c(=O)[nH]3)nc21. The highest BCUT2D eigenvalue weighted by molar-refractivity contribution is 7.99. The number of aromatic nitrogens is 6. The Hall–Kier alpha value is -3.26. The van der Waals surface area contributed by atoms with E-state index in [9.17, 15) is 4.79 Å². The van der Waals surface area contributed by atoms with E-state index in [0.29, 0.717) is 21.9 Å². The molecule has 8 heteroatoms. The van der Waals surface area contributed by atoms with Crippen LogP contribution in [0.1, 0.15) is 24.9 Å². The molecule has 0 aliphatic carbocycles. The normalized spacial score (nSPS) is 12.8. The van der Waals surface area contributed by atoms with Crippen molar-refractivity contribution in [3.05, 3.63) is 64.7 Å². The first-order valence-corrected chi connectivity index (χ1v) is 10.3. The predicted octanol–water partition coefficient (Wildman–Crippen LogP) is 4.09. The van der Waals surface area contributed by atoms with Gasteiger partial charge in [-0.25, -0.2) is 9.97 Å². The van der Waals surface area contributed by atoms with Gasteiger partial charge in [0.05, 0.1) is 21.7 Å². The second-order valence-corrected chi connectivity index (χ2v) is 8.06. The summed E-state index contributed by atoms with van der Waals surface area (Å²) < 4.78 is 2.14. The van der Waals surface area contributed by atoms with Crippen LogP contribution in [-0.4, -0.2) is 29.7 Å². The first-order valence-electron chi connectivity index (χ1n) is 9.43. The van der Waals surface area contributed by atoms with Gasteiger partial charge in [0.25, 0.3) is 5.56 Å². The predicted molar refractivity (Wildman–Crippen MR) is 115 cm³/mol. The van der Waals surface area contributed by atoms with E-state index in [1.807, 2.05) is 43.3 Å². The summed E-state index contributed by atoms with van der Waals surface area (Å²) in [7, 11) is 0. The molecule has 5 aromatic rings. The molecule has 0 saturated carbocycles. The summed E-state index contributed by atoms with van der Waals surface area (Å²) in [6.45, 7) is 4.86. The van der Waals surface area contributed by atoms with Gasteiger partial charge in [0.15, 0.2) is 5.65 Å². The number of H-pyrrole nitrogens is 1. The summed E-state index contributed by atoms with van der Waals surface area (Å²) in [5, 5.41) is 10.8. The average Bonchev–Trinajstić information content (AvgIpc) is 3.06. The van der Waals surface area contributed by atoms with E-state index in [2.05, 4.69) is 37.7 Å². The zero-order valence-corrected chi connectivity index (χ0v) is 16.8. The maximum Gasteiger partial charge on any atom is 0.258 e. The first-order chi connectivity index (χ1) is 14.2. The minimum atomic E-state index is -0.140. The summed E-state index contributed by atoms with van der Waals surface area (Å²) >= 11 is 1.43. The van der Waals surface area contributed by atoms with Crippen LogP contribution in [0.15, 0.2) is 58.5 Å². The molecule has 0 fully saturated rings. The Labute approximate surface area is 170 Å². The fraction of sp³-hybridized carbons (Fsp3) is 0.190. The third-order valence-electron chi connectivity index (χ3n) is 4.97. The fourth-order valence-electron chi connectivity index (χ4n) is 3.57. The van der Waals surface area contributed by atoms with Crippen molar-refractivity contribution in [1.29, 1.82) is 0 Å². The maximum atomic E-state index is 12.4. The van der Waals surface area contributed by atoms with Crippen LogP contribution in [0.25, 0.3) is 33.0 Å². The van der Waals surface area contributed by atoms with Crippen LogP contribution in [0.2, 0.25) is 0 Å². The molecule has 3 heterocycles. The number of aryl methyl sites for hydroxylation is 1. The number of hydrogen-bond donors (Lipinski definition) is 1. The van der Waals surface area contributed by atoms with Gasteiger partial charge < -0.3 is 9.55 Å². The summed E-state index contributed by atoms with van der Waals surface area (Å²) in [5.74, 6) is 0.596. The van der Waals surface area contributed by atoms with Gasteiger partial charge >= 0.3 is 0 Å². The monoisotopic (exact) mass is 402 g/mol. The molecule has 2 aromatic carbocycles. The van der Waals surface area contributed by atoms with Crippen LogP contribution in [0.4, 0.5) is 0 Å². The number of thioether (sulfide) groups is 1. The zero-order valence-electron chi connectivity index (χ0n) is 16.0. The van der Waals surface area contributed by atoms with Crippen molar-refractivity contribution in [3.8, 4) is 0 Å². The van der Waals surface area contributed by atoms with E-state index in [-0.39, 0.29) is 10.8 Å². The standard InChI is InChI=1S/C21H18N6OS/c1-3-27-16-11-7-5-9-14(16)17-19(27)24-21(26-25-17)29-12(2)18-22-15-10-6-4-8-13(15)20(28)23-18/h4-12H,3H2,1-2H3,(H,22,23,28)/t12-/m0/s1. The minimum Gasteiger partial charge on any atom is -0.324 e. The van der Waals surface area contributed by atoms with E-state index in [1.165, 1.54) is 11.8 Å². The van der Waals surface area contributed by atoms with E-state index in [0.717, 1.165) is 28.6 Å². The van der Waals surface area contributed by atoms with Gasteiger partial charge in [-0.3, -0.25) is 4.79 Å². The molecule has 1 atom stereocenters. The molecule has 3 aromatic heterocycles. The number of nitrogens with one attached hydrogen (secondary N) is 1. The highest BCUT2D eigenvalue weighted by atomic mass is 32.2. The molecule has 0 aliphatic rings. The average molecular weight is 402 g/mol. The number of benzene rings is 2. The summed E-state index contributed by atoms with van der Waals surface area (Å²) in [4.78, 5) is 24.6. The minimum absolute atomic E-state index is 0.133. The number of fused-ring (bicyclic) bond motifs is 4.